The van der Waals surface area contributed by atoms with Crippen LogP contribution < -0.4 is 5.32 Å². The molecule has 1 aromatic heterocycles. The van der Waals surface area contributed by atoms with Gasteiger partial charge in [0.2, 0.25) is 5.95 Å². The lowest BCUT2D eigenvalue weighted by Crippen LogP contribution is -2.24. The SMILES string of the molecule is CCN(CC)CCCn1ccnc1NC. The van der Waals surface area contributed by atoms with E-state index in [0.717, 1.165) is 32.1 Å². The van der Waals surface area contributed by atoms with Crippen LogP contribution in [0.15, 0.2) is 12.4 Å². The van der Waals surface area contributed by atoms with Crippen molar-refractivity contribution in [1.82, 2.24) is 14.5 Å². The van der Waals surface area contributed by atoms with Gasteiger partial charge in [0.15, 0.2) is 0 Å². The van der Waals surface area contributed by atoms with Gasteiger partial charge in [0.05, 0.1) is 0 Å². The molecule has 0 amide bonds. The van der Waals surface area contributed by atoms with Crippen LogP contribution in [0.1, 0.15) is 20.3 Å². The van der Waals surface area contributed by atoms with Gasteiger partial charge in [0.25, 0.3) is 0 Å². The summed E-state index contributed by atoms with van der Waals surface area (Å²) < 4.78 is 2.16. The summed E-state index contributed by atoms with van der Waals surface area (Å²) in [6.45, 7) is 8.89. The second-order valence-electron chi connectivity index (χ2n) is 3.57. The van der Waals surface area contributed by atoms with Crippen molar-refractivity contribution in [3.05, 3.63) is 12.4 Å². The third kappa shape index (κ3) is 3.55. The quantitative estimate of drug-likeness (QED) is 0.743. The summed E-state index contributed by atoms with van der Waals surface area (Å²) in [5.41, 5.74) is 0. The number of aromatic nitrogens is 2. The summed E-state index contributed by atoms with van der Waals surface area (Å²) in [6, 6.07) is 0. The third-order valence-electron chi connectivity index (χ3n) is 2.71. The minimum absolute atomic E-state index is 0.953. The minimum atomic E-state index is 0.953. The van der Waals surface area contributed by atoms with Crippen LogP contribution in [-0.4, -0.2) is 41.1 Å². The van der Waals surface area contributed by atoms with Gasteiger partial charge in [-0.1, -0.05) is 13.8 Å². The first-order valence-corrected chi connectivity index (χ1v) is 5.73. The molecule has 4 heteroatoms. The predicted molar refractivity (Wildman–Crippen MR) is 64.2 cm³/mol. The molecule has 0 unspecified atom stereocenters. The Morgan fingerprint density at radius 2 is 2.13 bits per heavy atom. The summed E-state index contributed by atoms with van der Waals surface area (Å²) in [7, 11) is 1.91. The molecular formula is C11H22N4. The Balaban J connectivity index is 2.31. The van der Waals surface area contributed by atoms with E-state index >= 15 is 0 Å². The molecule has 0 saturated carbocycles. The smallest absolute Gasteiger partial charge is 0.202 e. The first-order valence-electron chi connectivity index (χ1n) is 5.73. The fourth-order valence-corrected chi connectivity index (χ4v) is 1.72. The van der Waals surface area contributed by atoms with E-state index in [1.165, 1.54) is 6.42 Å². The Hall–Kier alpha value is -1.03. The van der Waals surface area contributed by atoms with E-state index in [-0.39, 0.29) is 0 Å². The zero-order valence-corrected chi connectivity index (χ0v) is 10.0. The van der Waals surface area contributed by atoms with Crippen LogP contribution in [0.5, 0.6) is 0 Å². The average Bonchev–Trinajstić information content (AvgIpc) is 2.72. The standard InChI is InChI=1S/C11H22N4/c1-4-14(5-2)8-6-9-15-10-7-13-11(15)12-3/h7,10H,4-6,8-9H2,1-3H3,(H,12,13). The highest BCUT2D eigenvalue weighted by molar-refractivity contribution is 5.23. The summed E-state index contributed by atoms with van der Waals surface area (Å²) in [5.74, 6) is 0.953. The molecule has 86 valence electrons. The van der Waals surface area contributed by atoms with Crippen LogP contribution in [0.25, 0.3) is 0 Å². The van der Waals surface area contributed by atoms with E-state index in [1.54, 1.807) is 0 Å². The van der Waals surface area contributed by atoms with Crippen molar-refractivity contribution < 1.29 is 0 Å². The summed E-state index contributed by atoms with van der Waals surface area (Å²) in [4.78, 5) is 6.65. The van der Waals surface area contributed by atoms with Crippen molar-refractivity contribution in [2.45, 2.75) is 26.8 Å². The largest absolute Gasteiger partial charge is 0.359 e. The average molecular weight is 210 g/mol. The van der Waals surface area contributed by atoms with E-state index in [2.05, 4.69) is 33.6 Å². The van der Waals surface area contributed by atoms with Gasteiger partial charge in [-0.05, 0) is 26.1 Å². The van der Waals surface area contributed by atoms with Crippen molar-refractivity contribution in [2.75, 3.05) is 32.0 Å². The van der Waals surface area contributed by atoms with Crippen LogP contribution in [-0.2, 0) is 6.54 Å². The second-order valence-corrected chi connectivity index (χ2v) is 3.57. The molecular weight excluding hydrogens is 188 g/mol. The molecule has 0 spiro atoms. The van der Waals surface area contributed by atoms with Gasteiger partial charge in [-0.2, -0.15) is 0 Å². The number of aryl methyl sites for hydroxylation is 1. The molecule has 0 fully saturated rings. The van der Waals surface area contributed by atoms with E-state index in [0.29, 0.717) is 0 Å². The summed E-state index contributed by atoms with van der Waals surface area (Å²) >= 11 is 0. The molecule has 1 heterocycles. The number of rotatable bonds is 7. The molecule has 0 bridgehead atoms. The Bertz CT molecular complexity index is 265. The number of hydrogen-bond acceptors (Lipinski definition) is 3. The molecule has 1 aromatic rings. The molecule has 0 aromatic carbocycles. The highest BCUT2D eigenvalue weighted by Gasteiger charge is 2.01. The monoisotopic (exact) mass is 210 g/mol. The van der Waals surface area contributed by atoms with Gasteiger partial charge < -0.3 is 14.8 Å². The maximum absolute atomic E-state index is 4.21. The predicted octanol–water partition coefficient (Wildman–Crippen LogP) is 1.66. The molecule has 15 heavy (non-hydrogen) atoms. The second kappa shape index (κ2) is 6.45. The third-order valence-corrected chi connectivity index (χ3v) is 2.71. The molecule has 0 aliphatic heterocycles. The van der Waals surface area contributed by atoms with E-state index in [1.807, 2.05) is 19.4 Å². The van der Waals surface area contributed by atoms with Crippen LogP contribution in [0, 0.1) is 0 Å². The summed E-state index contributed by atoms with van der Waals surface area (Å²) in [5, 5.41) is 3.08. The van der Waals surface area contributed by atoms with Crippen molar-refractivity contribution >= 4 is 5.95 Å². The molecule has 0 aliphatic rings. The fourth-order valence-electron chi connectivity index (χ4n) is 1.72. The number of anilines is 1. The lowest BCUT2D eigenvalue weighted by atomic mass is 10.3. The van der Waals surface area contributed by atoms with Crippen LogP contribution in [0.3, 0.4) is 0 Å². The molecule has 0 aliphatic carbocycles. The highest BCUT2D eigenvalue weighted by Crippen LogP contribution is 2.04. The number of nitrogens with one attached hydrogen (secondary N) is 1. The van der Waals surface area contributed by atoms with Crippen molar-refractivity contribution in [3.63, 3.8) is 0 Å². The van der Waals surface area contributed by atoms with E-state index in [9.17, 15) is 0 Å². The van der Waals surface area contributed by atoms with Gasteiger partial charge in [0.1, 0.15) is 0 Å². The fraction of sp³-hybridized carbons (Fsp3) is 0.727. The normalized spacial score (nSPS) is 10.9. The lowest BCUT2D eigenvalue weighted by Gasteiger charge is -2.18. The zero-order valence-electron chi connectivity index (χ0n) is 10.0. The molecule has 1 rings (SSSR count). The van der Waals surface area contributed by atoms with Gasteiger partial charge in [-0.25, -0.2) is 4.98 Å². The van der Waals surface area contributed by atoms with Gasteiger partial charge in [-0.3, -0.25) is 0 Å². The van der Waals surface area contributed by atoms with Crippen molar-refractivity contribution in [2.24, 2.45) is 0 Å². The van der Waals surface area contributed by atoms with Gasteiger partial charge >= 0.3 is 0 Å². The van der Waals surface area contributed by atoms with E-state index in [4.69, 9.17) is 0 Å². The topological polar surface area (TPSA) is 33.1 Å². The number of imidazole rings is 1. The van der Waals surface area contributed by atoms with Crippen LogP contribution in [0.4, 0.5) is 5.95 Å². The lowest BCUT2D eigenvalue weighted by molar-refractivity contribution is 0.293. The van der Waals surface area contributed by atoms with Crippen molar-refractivity contribution in [3.8, 4) is 0 Å². The number of hydrogen-bond donors (Lipinski definition) is 1. The molecule has 4 nitrogen and oxygen atoms in total. The maximum atomic E-state index is 4.21. The number of nitrogens with zero attached hydrogens (tertiary/aromatic N) is 3. The maximum Gasteiger partial charge on any atom is 0.202 e. The highest BCUT2D eigenvalue weighted by atomic mass is 15.2. The Morgan fingerprint density at radius 1 is 1.40 bits per heavy atom. The Kier molecular flexibility index (Phi) is 5.18. The van der Waals surface area contributed by atoms with Gasteiger partial charge in [0, 0.05) is 26.0 Å². The van der Waals surface area contributed by atoms with Gasteiger partial charge in [-0.15, -0.1) is 0 Å². The van der Waals surface area contributed by atoms with Crippen LogP contribution >= 0.6 is 0 Å². The molecule has 0 atom stereocenters. The Labute approximate surface area is 92.3 Å². The van der Waals surface area contributed by atoms with Crippen molar-refractivity contribution in [1.29, 1.82) is 0 Å². The molecule has 0 radical (unpaired) electrons. The first kappa shape index (κ1) is 12.0. The Morgan fingerprint density at radius 3 is 2.73 bits per heavy atom. The zero-order chi connectivity index (χ0) is 11.1. The molecule has 0 saturated heterocycles. The van der Waals surface area contributed by atoms with E-state index < -0.39 is 0 Å². The summed E-state index contributed by atoms with van der Waals surface area (Å²) in [6.07, 6.45) is 5.03. The van der Waals surface area contributed by atoms with Crippen LogP contribution in [0.2, 0.25) is 0 Å². The first-order chi connectivity index (χ1) is 7.31. The molecule has 1 N–H and O–H groups in total. The minimum Gasteiger partial charge on any atom is -0.359 e.